The summed E-state index contributed by atoms with van der Waals surface area (Å²) in [5, 5.41) is 5.91. The van der Waals surface area contributed by atoms with Crippen LogP contribution in [0.25, 0.3) is 11.3 Å². The van der Waals surface area contributed by atoms with E-state index in [-0.39, 0.29) is 11.7 Å². The van der Waals surface area contributed by atoms with E-state index in [1.165, 1.54) is 0 Å². The number of aromatic nitrogens is 2. The summed E-state index contributed by atoms with van der Waals surface area (Å²) in [5.74, 6) is 0.488. The minimum atomic E-state index is -2.85. The molecule has 0 radical (unpaired) electrons. The van der Waals surface area contributed by atoms with Gasteiger partial charge in [-0.1, -0.05) is 24.3 Å². The van der Waals surface area contributed by atoms with Crippen LogP contribution in [-0.4, -0.2) is 91.6 Å². The van der Waals surface area contributed by atoms with Crippen LogP contribution >= 0.6 is 0 Å². The number of rotatable bonds is 5. The van der Waals surface area contributed by atoms with Gasteiger partial charge < -0.3 is 30.1 Å². The molecule has 2 saturated heterocycles. The predicted octanol–water partition coefficient (Wildman–Crippen LogP) is 3.32. The summed E-state index contributed by atoms with van der Waals surface area (Å²) >= 11 is 0. The molecule has 3 aliphatic heterocycles. The molecule has 0 spiro atoms. The molecule has 0 unspecified atom stereocenters. The Morgan fingerprint density at radius 1 is 0.923 bits per heavy atom. The third-order valence-corrected chi connectivity index (χ3v) is 7.54. The molecule has 6 rings (SSSR count). The van der Waals surface area contributed by atoms with Crippen LogP contribution < -0.4 is 15.5 Å². The van der Waals surface area contributed by atoms with Gasteiger partial charge in [0.1, 0.15) is 5.82 Å². The van der Waals surface area contributed by atoms with Gasteiger partial charge in [0.25, 0.3) is 12.3 Å². The molecule has 3 aromatic rings. The highest BCUT2D eigenvalue weighted by Gasteiger charge is 2.49. The monoisotopic (exact) mass is 535 g/mol. The highest BCUT2D eigenvalue weighted by Crippen LogP contribution is 2.42. The zero-order valence-corrected chi connectivity index (χ0v) is 21.7. The van der Waals surface area contributed by atoms with Gasteiger partial charge in [-0.05, 0) is 31.3 Å². The predicted molar refractivity (Wildman–Crippen MR) is 145 cm³/mol. The normalized spacial score (nSPS) is 19.0. The minimum absolute atomic E-state index is 0.0131. The highest BCUT2D eigenvalue weighted by atomic mass is 19.3. The number of anilines is 3. The molecule has 39 heavy (non-hydrogen) atoms. The molecule has 1 amide bonds. The van der Waals surface area contributed by atoms with Crippen molar-refractivity contribution in [3.63, 3.8) is 0 Å². The molecule has 0 atom stereocenters. The third-order valence-electron chi connectivity index (χ3n) is 7.54. The molecule has 4 heterocycles. The molecular weight excluding hydrogens is 504 g/mol. The number of amides is 1. The van der Waals surface area contributed by atoms with E-state index in [2.05, 4.69) is 25.5 Å². The first-order valence-corrected chi connectivity index (χ1v) is 13.2. The van der Waals surface area contributed by atoms with Crippen molar-refractivity contribution in [3.05, 3.63) is 66.0 Å². The molecule has 3 aliphatic rings. The highest BCUT2D eigenvalue weighted by molar-refractivity contribution is 5.94. The SMILES string of the molecule is CN1CCN(C(=O)c2ccc(-c3cc(N4CCOCC4)nc(C4(C(F)F)Nc5ccccc5N4)n3)cc2)CC1. The molecule has 9 nitrogen and oxygen atoms in total. The maximum absolute atomic E-state index is 14.8. The van der Waals surface area contributed by atoms with E-state index in [9.17, 15) is 13.6 Å². The second kappa shape index (κ2) is 10.4. The number of nitrogens with one attached hydrogen (secondary N) is 2. The Bertz CT molecular complexity index is 1310. The summed E-state index contributed by atoms with van der Waals surface area (Å²) in [4.78, 5) is 28.4. The fourth-order valence-corrected chi connectivity index (χ4v) is 5.16. The summed E-state index contributed by atoms with van der Waals surface area (Å²) in [6.45, 7) is 5.31. The number of hydrogen-bond acceptors (Lipinski definition) is 8. The van der Waals surface area contributed by atoms with Crippen LogP contribution in [0, 0.1) is 0 Å². The molecule has 1 aromatic heterocycles. The van der Waals surface area contributed by atoms with Crippen molar-refractivity contribution in [2.24, 2.45) is 0 Å². The standard InChI is InChI=1S/C28H31F2N7O2/c1-35-10-12-37(13-11-35)25(38)20-8-6-19(7-9-20)23-18-24(36-14-16-39-17-15-36)32-27(31-23)28(26(29)30)33-21-4-2-3-5-22(21)34-28/h2-9,18,26,33-34H,10-17H2,1H3. The van der Waals surface area contributed by atoms with E-state index >= 15 is 0 Å². The van der Waals surface area contributed by atoms with Crippen LogP contribution in [0.2, 0.25) is 0 Å². The van der Waals surface area contributed by atoms with Gasteiger partial charge >= 0.3 is 0 Å². The lowest BCUT2D eigenvalue weighted by molar-refractivity contribution is 0.0664. The molecule has 0 aliphatic carbocycles. The van der Waals surface area contributed by atoms with Gasteiger partial charge in [-0.2, -0.15) is 0 Å². The lowest BCUT2D eigenvalue weighted by Crippen LogP contribution is -2.48. The zero-order valence-electron chi connectivity index (χ0n) is 21.7. The van der Waals surface area contributed by atoms with Crippen molar-refractivity contribution in [1.29, 1.82) is 0 Å². The molecule has 2 N–H and O–H groups in total. The molecule has 0 saturated carbocycles. The first-order chi connectivity index (χ1) is 18.9. The van der Waals surface area contributed by atoms with E-state index in [1.807, 2.05) is 35.0 Å². The van der Waals surface area contributed by atoms with Crippen molar-refractivity contribution in [1.82, 2.24) is 19.8 Å². The second-order valence-electron chi connectivity index (χ2n) is 10.1. The number of para-hydroxylation sites is 2. The van der Waals surface area contributed by atoms with Gasteiger partial charge in [0.15, 0.2) is 5.82 Å². The summed E-state index contributed by atoms with van der Waals surface area (Å²) in [5.41, 5.74) is 0.934. The molecule has 2 fully saturated rings. The van der Waals surface area contributed by atoms with Gasteiger partial charge in [0, 0.05) is 56.5 Å². The van der Waals surface area contributed by atoms with Crippen LogP contribution in [-0.2, 0) is 10.4 Å². The van der Waals surface area contributed by atoms with E-state index in [0.29, 0.717) is 73.4 Å². The summed E-state index contributed by atoms with van der Waals surface area (Å²) in [6.07, 6.45) is -2.85. The number of hydrogen-bond donors (Lipinski definition) is 2. The van der Waals surface area contributed by atoms with Crippen molar-refractivity contribution < 1.29 is 18.3 Å². The van der Waals surface area contributed by atoms with Gasteiger partial charge in [-0.15, -0.1) is 0 Å². The van der Waals surface area contributed by atoms with E-state index < -0.39 is 12.1 Å². The number of fused-ring (bicyclic) bond motifs is 1. The Hall–Kier alpha value is -3.83. The zero-order chi connectivity index (χ0) is 27.0. The molecule has 0 bridgehead atoms. The number of carbonyl (C=O) groups excluding carboxylic acids is 1. The third kappa shape index (κ3) is 4.87. The van der Waals surface area contributed by atoms with Crippen molar-refractivity contribution >= 4 is 23.1 Å². The fourth-order valence-electron chi connectivity index (χ4n) is 5.16. The number of benzene rings is 2. The molecule has 2 aromatic carbocycles. The number of nitrogens with zero attached hydrogens (tertiary/aromatic N) is 5. The van der Waals surface area contributed by atoms with Crippen molar-refractivity contribution in [2.75, 3.05) is 75.1 Å². The minimum Gasteiger partial charge on any atom is -0.378 e. The van der Waals surface area contributed by atoms with Gasteiger partial charge in [-0.3, -0.25) is 4.79 Å². The fraction of sp³-hybridized carbons (Fsp3) is 0.393. The largest absolute Gasteiger partial charge is 0.378 e. The van der Waals surface area contributed by atoms with Gasteiger partial charge in [0.2, 0.25) is 5.66 Å². The second-order valence-corrected chi connectivity index (χ2v) is 10.1. The average Bonchev–Trinajstić information content (AvgIpc) is 3.39. The number of carbonyl (C=O) groups is 1. The molecule has 204 valence electrons. The summed E-state index contributed by atoms with van der Waals surface area (Å²) < 4.78 is 35.1. The van der Waals surface area contributed by atoms with Crippen LogP contribution in [0.5, 0.6) is 0 Å². The van der Waals surface area contributed by atoms with Crippen LogP contribution in [0.3, 0.4) is 0 Å². The lowest BCUT2D eigenvalue weighted by atomic mass is 10.1. The molecule has 11 heteroatoms. The first kappa shape index (κ1) is 25.4. The maximum atomic E-state index is 14.8. The Morgan fingerprint density at radius 3 is 2.18 bits per heavy atom. The van der Waals surface area contributed by atoms with E-state index in [4.69, 9.17) is 4.74 Å². The summed E-state index contributed by atoms with van der Waals surface area (Å²) in [7, 11) is 2.05. The number of alkyl halides is 2. The Balaban J connectivity index is 1.36. The average molecular weight is 536 g/mol. The van der Waals surface area contributed by atoms with Gasteiger partial charge in [-0.25, -0.2) is 18.7 Å². The maximum Gasteiger partial charge on any atom is 0.286 e. The van der Waals surface area contributed by atoms with Crippen LogP contribution in [0.15, 0.2) is 54.6 Å². The van der Waals surface area contributed by atoms with Crippen molar-refractivity contribution in [3.8, 4) is 11.3 Å². The van der Waals surface area contributed by atoms with Crippen LogP contribution in [0.4, 0.5) is 26.0 Å². The number of morpholine rings is 1. The summed E-state index contributed by atoms with van der Waals surface area (Å²) in [6, 6.07) is 16.1. The Morgan fingerprint density at radius 2 is 1.56 bits per heavy atom. The lowest BCUT2D eigenvalue weighted by Gasteiger charge is -2.32. The molecular formula is C28H31F2N7O2. The quantitative estimate of drug-likeness (QED) is 0.515. The Labute approximate surface area is 225 Å². The smallest absolute Gasteiger partial charge is 0.286 e. The van der Waals surface area contributed by atoms with Gasteiger partial charge in [0.05, 0.1) is 30.3 Å². The van der Waals surface area contributed by atoms with E-state index in [1.54, 1.807) is 36.4 Å². The number of likely N-dealkylation sites (N-methyl/N-ethyl adjacent to an activating group) is 1. The topological polar surface area (TPSA) is 85.9 Å². The number of piperazine rings is 1. The van der Waals surface area contributed by atoms with Crippen LogP contribution in [0.1, 0.15) is 16.2 Å². The van der Waals surface area contributed by atoms with Crippen molar-refractivity contribution in [2.45, 2.75) is 12.1 Å². The Kier molecular flexibility index (Phi) is 6.78. The number of halogens is 2. The first-order valence-electron chi connectivity index (χ1n) is 13.2. The van der Waals surface area contributed by atoms with E-state index in [0.717, 1.165) is 13.1 Å². The number of ether oxygens (including phenoxy) is 1.